The zero-order valence-electron chi connectivity index (χ0n) is 62.2. The number of aromatic nitrogens is 3. The minimum Gasteiger partial charge on any atom is -0.495 e. The Labute approximate surface area is 657 Å². The number of aliphatic hydroxyl groups is 3. The number of carbonyl (C=O) groups excluding carboxylic acids is 6. The smallest absolute Gasteiger partial charge is 0.419 e. The van der Waals surface area contributed by atoms with Crippen LogP contribution in [0, 0.1) is 0 Å². The number of aliphatic hydroxyl groups excluding tert-OH is 3. The van der Waals surface area contributed by atoms with Crippen LogP contribution in [0.5, 0.6) is 17.2 Å². The van der Waals surface area contributed by atoms with E-state index in [0.29, 0.717) is 104 Å². The quantitative estimate of drug-likeness (QED) is 0.0203. The van der Waals surface area contributed by atoms with Gasteiger partial charge in [-0.3, -0.25) is 28.8 Å². The number of alkyl halides is 9. The number of carbonyl (C=O) groups is 6. The van der Waals surface area contributed by atoms with E-state index in [2.05, 4.69) is 57.5 Å². The van der Waals surface area contributed by atoms with E-state index in [0.717, 1.165) is 6.07 Å². The molecule has 3 aliphatic rings. The third kappa shape index (κ3) is 22.4. The fraction of sp³-hybridized carbons (Fsp3) is 0.269. The molecule has 13 N–H and O–H groups in total. The highest BCUT2D eigenvalue weighted by molar-refractivity contribution is 6.29. The molecule has 0 unspecified atom stereocenters. The zero-order valence-corrected chi connectivity index (χ0v) is 63.0. The topological polar surface area (TPSA) is 361 Å². The maximum absolute atomic E-state index is 13.8. The Kier molecular flexibility index (Phi) is 28.7. The van der Waals surface area contributed by atoms with Gasteiger partial charge in [0.2, 0.25) is 0 Å². The van der Waals surface area contributed by atoms with Crippen LogP contribution in [0.4, 0.5) is 102 Å². The highest BCUT2D eigenvalue weighted by Gasteiger charge is 2.38. The molecule has 12 rings (SSSR count). The van der Waals surface area contributed by atoms with Crippen molar-refractivity contribution < 1.29 is 97.8 Å². The number of β-amino-alcohol motifs (C(OH)–C–C–N with tert-alkyl or cyclic N) is 3. The lowest BCUT2D eigenvalue weighted by Crippen LogP contribution is -2.29. The second kappa shape index (κ2) is 38.2. The second-order valence-electron chi connectivity index (χ2n) is 25.6. The molecule has 0 bridgehead atoms. The summed E-state index contributed by atoms with van der Waals surface area (Å²) in [5.41, 5.74) is 5.39. The molecule has 3 saturated heterocycles. The minimum atomic E-state index is -4.71. The first-order chi connectivity index (χ1) is 54.6. The number of nitrogens with zero attached hydrogens (tertiary/aromatic N) is 6. The molecular formula is C78H79ClF9N15O12. The Morgan fingerprint density at radius 3 is 1.02 bits per heavy atom. The van der Waals surface area contributed by atoms with Crippen LogP contribution in [0.25, 0.3) is 0 Å². The molecule has 37 heteroatoms. The van der Waals surface area contributed by atoms with Crippen LogP contribution in [0.3, 0.4) is 0 Å². The predicted octanol–water partition coefficient (Wildman–Crippen LogP) is 12.7. The highest BCUT2D eigenvalue weighted by atomic mass is 35.5. The van der Waals surface area contributed by atoms with E-state index < -0.39 is 71.3 Å². The van der Waals surface area contributed by atoms with Gasteiger partial charge in [0.15, 0.2) is 0 Å². The Bertz CT molecular complexity index is 4800. The molecule has 3 aliphatic heterocycles. The number of hydrogen-bond donors (Lipinski definition) is 12. The van der Waals surface area contributed by atoms with E-state index >= 15 is 0 Å². The molecule has 6 heterocycles. The van der Waals surface area contributed by atoms with Gasteiger partial charge in [-0.1, -0.05) is 48.0 Å². The van der Waals surface area contributed by atoms with Crippen LogP contribution in [-0.2, 0) is 18.5 Å². The average molecular weight is 1630 g/mol. The normalized spacial score (nSPS) is 15.1. The summed E-state index contributed by atoms with van der Waals surface area (Å²) in [4.78, 5) is 89.8. The van der Waals surface area contributed by atoms with Crippen molar-refractivity contribution >= 4 is 110 Å². The number of likely N-dealkylation sites (tertiary alicyclic amines) is 3. The molecule has 6 aromatic carbocycles. The van der Waals surface area contributed by atoms with E-state index in [1.165, 1.54) is 103 Å². The Morgan fingerprint density at radius 2 is 0.713 bits per heavy atom. The Morgan fingerprint density at radius 1 is 0.409 bits per heavy atom. The lowest BCUT2D eigenvalue weighted by atomic mass is 10.1. The number of amides is 6. The number of halogens is 10. The molecule has 0 radical (unpaired) electrons. The lowest BCUT2D eigenvalue weighted by Gasteiger charge is -2.19. The first kappa shape index (κ1) is 86.3. The van der Waals surface area contributed by atoms with Crippen molar-refractivity contribution in [1.82, 2.24) is 45.6 Å². The maximum atomic E-state index is 13.8. The molecule has 27 nitrogen and oxygen atoms in total. The van der Waals surface area contributed by atoms with E-state index in [9.17, 15) is 83.6 Å². The number of hydrogen-bond acceptors (Lipinski definition) is 21. The highest BCUT2D eigenvalue weighted by Crippen LogP contribution is 2.42. The molecule has 3 atom stereocenters. The molecular weight excluding hydrogens is 1550 g/mol. The second-order valence-corrected chi connectivity index (χ2v) is 26.0. The SMILES string of the molecule is CNC(=O)c1ccccc1Nc1cc(Cl)ncc1C(F)(F)F.CNC(=O)c1ccccc1Nc1cc(Nc2ccc(C(=O)N3CC[C@H](O)C3)cc2OC)ncc1C(F)(F)F.CNC(=O)c1ccccc1Nc1cc(Nc2ccc(C(=O)N3CC[C@H](O)C3)cc2OC)ncc1C(F)(F)F.COc1cc(C(=O)N2CC[C@H](O)C2)ccc1N. The molecule has 3 aromatic heterocycles. The third-order valence-electron chi connectivity index (χ3n) is 17.9. The van der Waals surface area contributed by atoms with Gasteiger partial charge in [0.25, 0.3) is 35.4 Å². The van der Waals surface area contributed by atoms with E-state index in [4.69, 9.17) is 31.5 Å². The zero-order chi connectivity index (χ0) is 83.6. The van der Waals surface area contributed by atoms with Crippen molar-refractivity contribution in [2.45, 2.75) is 56.1 Å². The number of anilines is 11. The van der Waals surface area contributed by atoms with Crippen LogP contribution in [0.1, 0.15) is 98.1 Å². The third-order valence-corrected chi connectivity index (χ3v) is 18.1. The molecule has 608 valence electrons. The molecule has 0 aliphatic carbocycles. The largest absolute Gasteiger partial charge is 0.495 e. The van der Waals surface area contributed by atoms with Crippen LogP contribution in [-0.4, -0.2) is 180 Å². The fourth-order valence-corrected chi connectivity index (χ4v) is 12.1. The van der Waals surface area contributed by atoms with Gasteiger partial charge in [0, 0.05) is 108 Å². The van der Waals surface area contributed by atoms with Crippen molar-refractivity contribution in [3.05, 3.63) is 219 Å². The summed E-state index contributed by atoms with van der Waals surface area (Å²) >= 11 is 5.67. The van der Waals surface area contributed by atoms with Crippen LogP contribution in [0.2, 0.25) is 5.15 Å². The van der Waals surface area contributed by atoms with Gasteiger partial charge in [-0.05, 0) is 116 Å². The molecule has 115 heavy (non-hydrogen) atoms. The van der Waals surface area contributed by atoms with Gasteiger partial charge in [0.1, 0.15) is 34.0 Å². The summed E-state index contributed by atoms with van der Waals surface area (Å²) < 4.78 is 138. The summed E-state index contributed by atoms with van der Waals surface area (Å²) in [7, 11) is 8.60. The number of ether oxygens (including phenoxy) is 3. The van der Waals surface area contributed by atoms with Gasteiger partial charge in [-0.15, -0.1) is 0 Å². The van der Waals surface area contributed by atoms with Crippen LogP contribution >= 0.6 is 11.6 Å². The van der Waals surface area contributed by atoms with Gasteiger partial charge in [-0.2, -0.15) is 39.5 Å². The number of nitrogens with two attached hydrogens (primary N) is 1. The Hall–Kier alpha value is -12.7. The van der Waals surface area contributed by atoms with Gasteiger partial charge >= 0.3 is 18.5 Å². The monoisotopic (exact) mass is 1620 g/mol. The summed E-state index contributed by atoms with van der Waals surface area (Å²) in [5.74, 6) is -0.786. The van der Waals surface area contributed by atoms with Crippen LogP contribution < -0.4 is 62.5 Å². The number of nitrogens with one attached hydrogen (secondary N) is 8. The lowest BCUT2D eigenvalue weighted by molar-refractivity contribution is -0.138. The van der Waals surface area contributed by atoms with E-state index in [1.54, 1.807) is 93.6 Å². The minimum absolute atomic E-state index is 0.0676. The van der Waals surface area contributed by atoms with Gasteiger partial charge in [0.05, 0.1) is 124 Å². The van der Waals surface area contributed by atoms with Crippen molar-refractivity contribution in [2.75, 3.05) is 114 Å². The van der Waals surface area contributed by atoms with Crippen LogP contribution in [0.15, 0.2) is 164 Å². The molecule has 3 fully saturated rings. The number of nitrogen functional groups attached to an aromatic ring is 1. The average Bonchev–Trinajstić information content (AvgIpc) is 1.56. The Balaban J connectivity index is 0.000000184. The molecule has 6 amide bonds. The van der Waals surface area contributed by atoms with E-state index in [-0.39, 0.29) is 110 Å². The van der Waals surface area contributed by atoms with Gasteiger partial charge in [-0.25, -0.2) is 15.0 Å². The summed E-state index contributed by atoms with van der Waals surface area (Å²) in [6.07, 6.45) is -11.9. The summed E-state index contributed by atoms with van der Waals surface area (Å²) in [6, 6.07) is 36.2. The first-order valence-corrected chi connectivity index (χ1v) is 35.4. The first-order valence-electron chi connectivity index (χ1n) is 35.0. The van der Waals surface area contributed by atoms with Crippen molar-refractivity contribution in [3.63, 3.8) is 0 Å². The standard InChI is InChI=1S/2C26H26F3N5O4.C14H11ClF3N3O.C12H16N2O3/c2*1-30-24(36)17-5-3-4-6-19(17)32-21-12-23(31-13-18(21)26(27,28)29)33-20-8-7-15(11-22(20)38-2)25(37)34-10-9-16(35)14-34;1-19-13(22)8-4-2-3-5-10(8)21-11-6-12(15)20-7-9(11)14(16,17)18;1-17-11-6-8(2-3-10(11)13)12(16)14-5-4-9(15)7-14/h2*3-8,11-13,16,35H,9-10,14H2,1-2H3,(H,30,36)(H2,31,32,33);2-7H,1H3,(H,19,22)(H,20,21);2-3,6,9,15H,4-5,7,13H2,1H3/t2*16-;;9-/m00.0/s1. The van der Waals surface area contributed by atoms with E-state index in [1.807, 2.05) is 0 Å². The summed E-state index contributed by atoms with van der Waals surface area (Å²) in [6.45, 7) is 2.36. The number of methoxy groups -OCH3 is 3. The molecule has 0 spiro atoms. The summed E-state index contributed by atoms with van der Waals surface area (Å²) in [5, 5.41) is 50.0. The number of para-hydroxylation sites is 3. The molecule has 9 aromatic rings. The fourth-order valence-electron chi connectivity index (χ4n) is 12.0. The van der Waals surface area contributed by atoms with Crippen molar-refractivity contribution in [3.8, 4) is 17.2 Å². The predicted molar refractivity (Wildman–Crippen MR) is 412 cm³/mol. The maximum Gasteiger partial charge on any atom is 0.419 e. The number of rotatable bonds is 19. The molecule has 0 saturated carbocycles. The number of pyridine rings is 3. The van der Waals surface area contributed by atoms with Crippen molar-refractivity contribution in [2.24, 2.45) is 0 Å². The van der Waals surface area contributed by atoms with Gasteiger partial charge < -0.3 is 92.5 Å². The number of benzene rings is 6. The van der Waals surface area contributed by atoms with Crippen molar-refractivity contribution in [1.29, 1.82) is 0 Å².